The van der Waals surface area contributed by atoms with Gasteiger partial charge in [0.25, 0.3) is 0 Å². The highest BCUT2D eigenvalue weighted by molar-refractivity contribution is 6.28. The Morgan fingerprint density at radius 1 is 1.50 bits per heavy atom. The van der Waals surface area contributed by atoms with Gasteiger partial charge in [0.2, 0.25) is 5.28 Å². The van der Waals surface area contributed by atoms with E-state index in [9.17, 15) is 0 Å². The van der Waals surface area contributed by atoms with Crippen LogP contribution in [0.5, 0.6) is 0 Å². The van der Waals surface area contributed by atoms with Gasteiger partial charge in [-0.05, 0) is 30.0 Å². The fourth-order valence-electron chi connectivity index (χ4n) is 1.17. The molecule has 0 saturated carbocycles. The van der Waals surface area contributed by atoms with E-state index in [4.69, 9.17) is 16.3 Å². The van der Waals surface area contributed by atoms with E-state index in [2.05, 4.69) is 23.8 Å². The molecule has 0 bridgehead atoms. The monoisotopic (exact) mass is 214 g/mol. The summed E-state index contributed by atoms with van der Waals surface area (Å²) in [4.78, 5) is 8.26. The summed E-state index contributed by atoms with van der Waals surface area (Å²) < 4.78 is 5.00. The van der Waals surface area contributed by atoms with E-state index in [1.54, 1.807) is 7.11 Å². The van der Waals surface area contributed by atoms with Crippen LogP contribution in [0, 0.1) is 0 Å². The maximum absolute atomic E-state index is 5.81. The van der Waals surface area contributed by atoms with Crippen molar-refractivity contribution < 1.29 is 4.74 Å². The summed E-state index contributed by atoms with van der Waals surface area (Å²) in [7, 11) is 1.64. The van der Waals surface area contributed by atoms with Crippen LogP contribution in [0.25, 0.3) is 0 Å². The van der Waals surface area contributed by atoms with Gasteiger partial charge in [-0.1, -0.05) is 13.8 Å². The Bertz CT molecular complexity index is 304. The van der Waals surface area contributed by atoms with Gasteiger partial charge in [0.15, 0.2) is 0 Å². The highest BCUT2D eigenvalue weighted by Crippen LogP contribution is 2.18. The van der Waals surface area contributed by atoms with E-state index in [-0.39, 0.29) is 0 Å². The van der Waals surface area contributed by atoms with E-state index >= 15 is 0 Å². The Kier molecular flexibility index (Phi) is 4.29. The molecule has 0 aliphatic heterocycles. The van der Waals surface area contributed by atoms with Gasteiger partial charge in [-0.25, -0.2) is 9.97 Å². The molecule has 14 heavy (non-hydrogen) atoms. The summed E-state index contributed by atoms with van der Waals surface area (Å²) >= 11 is 5.81. The van der Waals surface area contributed by atoms with Crippen LogP contribution in [-0.4, -0.2) is 17.1 Å². The molecule has 0 radical (unpaired) electrons. The minimum atomic E-state index is 0.301. The van der Waals surface area contributed by atoms with E-state index in [1.807, 2.05) is 6.07 Å². The maximum atomic E-state index is 5.81. The molecule has 0 amide bonds. The van der Waals surface area contributed by atoms with Gasteiger partial charge in [-0.15, -0.1) is 0 Å². The predicted molar refractivity (Wildman–Crippen MR) is 56.5 cm³/mol. The molecule has 1 atom stereocenters. The van der Waals surface area contributed by atoms with E-state index in [1.165, 1.54) is 0 Å². The lowest BCUT2D eigenvalue weighted by Gasteiger charge is -2.09. The molecular weight excluding hydrogens is 200 g/mol. The zero-order chi connectivity index (χ0) is 10.6. The van der Waals surface area contributed by atoms with Crippen LogP contribution in [0.1, 0.15) is 37.6 Å². The van der Waals surface area contributed by atoms with Crippen molar-refractivity contribution in [1.29, 1.82) is 0 Å². The first kappa shape index (κ1) is 11.4. The molecule has 78 valence electrons. The van der Waals surface area contributed by atoms with Crippen LogP contribution < -0.4 is 0 Å². The average Bonchev–Trinajstić information content (AvgIpc) is 2.16. The highest BCUT2D eigenvalue weighted by Gasteiger charge is 2.08. The minimum absolute atomic E-state index is 0.301. The second-order valence-corrected chi connectivity index (χ2v) is 3.63. The molecule has 0 saturated heterocycles. The minimum Gasteiger partial charge on any atom is -0.378 e. The van der Waals surface area contributed by atoms with Crippen molar-refractivity contribution in [2.24, 2.45) is 0 Å². The molecule has 1 unspecified atom stereocenters. The van der Waals surface area contributed by atoms with Crippen molar-refractivity contribution in [3.8, 4) is 0 Å². The van der Waals surface area contributed by atoms with E-state index in [0.717, 1.165) is 17.8 Å². The van der Waals surface area contributed by atoms with Crippen molar-refractivity contribution in [2.75, 3.05) is 7.11 Å². The van der Waals surface area contributed by atoms with Crippen molar-refractivity contribution in [3.63, 3.8) is 0 Å². The molecule has 3 nitrogen and oxygen atoms in total. The number of hydrogen-bond acceptors (Lipinski definition) is 3. The number of hydrogen-bond donors (Lipinski definition) is 0. The first-order valence-electron chi connectivity index (χ1n) is 4.69. The number of nitrogens with zero attached hydrogens (tertiary/aromatic N) is 2. The second-order valence-electron chi connectivity index (χ2n) is 3.30. The smallest absolute Gasteiger partial charge is 0.222 e. The highest BCUT2D eigenvalue weighted by atomic mass is 35.5. The van der Waals surface area contributed by atoms with Gasteiger partial charge in [-0.3, -0.25) is 0 Å². The molecule has 4 heteroatoms. The Balaban J connectivity index is 2.94. The van der Waals surface area contributed by atoms with Gasteiger partial charge < -0.3 is 4.74 Å². The molecule has 0 fully saturated rings. The van der Waals surface area contributed by atoms with Crippen molar-refractivity contribution >= 4 is 11.6 Å². The summed E-state index contributed by atoms with van der Waals surface area (Å²) in [5, 5.41) is 0.301. The van der Waals surface area contributed by atoms with Crippen molar-refractivity contribution in [2.45, 2.75) is 32.8 Å². The van der Waals surface area contributed by atoms with Crippen LogP contribution in [-0.2, 0) is 11.3 Å². The molecule has 1 aromatic rings. The fourth-order valence-corrected chi connectivity index (χ4v) is 1.37. The Hall–Kier alpha value is -0.670. The Morgan fingerprint density at radius 2 is 2.21 bits per heavy atom. The topological polar surface area (TPSA) is 35.0 Å². The molecule has 1 heterocycles. The number of rotatable bonds is 4. The fraction of sp³-hybridized carbons (Fsp3) is 0.600. The summed E-state index contributed by atoms with van der Waals surface area (Å²) in [6, 6.07) is 1.95. The molecular formula is C10H15ClN2O. The SMILES string of the molecule is CCC(C)c1cc(COC)nc(Cl)n1. The van der Waals surface area contributed by atoms with Crippen LogP contribution in [0.2, 0.25) is 5.28 Å². The standard InChI is InChI=1S/C10H15ClN2O/c1-4-7(2)9-5-8(6-14-3)12-10(11)13-9/h5,7H,4,6H2,1-3H3. The van der Waals surface area contributed by atoms with E-state index < -0.39 is 0 Å². The Labute approximate surface area is 89.5 Å². The Morgan fingerprint density at radius 3 is 2.79 bits per heavy atom. The van der Waals surface area contributed by atoms with Crippen LogP contribution in [0.3, 0.4) is 0 Å². The molecule has 0 spiro atoms. The summed E-state index contributed by atoms with van der Waals surface area (Å²) in [6.07, 6.45) is 1.04. The molecule has 0 aliphatic carbocycles. The van der Waals surface area contributed by atoms with Gasteiger partial charge >= 0.3 is 0 Å². The van der Waals surface area contributed by atoms with Gasteiger partial charge in [0, 0.05) is 12.8 Å². The molecule has 0 aromatic carbocycles. The third-order valence-electron chi connectivity index (χ3n) is 2.18. The molecule has 0 N–H and O–H groups in total. The van der Waals surface area contributed by atoms with Crippen molar-refractivity contribution in [1.82, 2.24) is 9.97 Å². The first-order valence-corrected chi connectivity index (χ1v) is 5.07. The zero-order valence-corrected chi connectivity index (χ0v) is 9.51. The molecule has 1 aromatic heterocycles. The summed E-state index contributed by atoms with van der Waals surface area (Å²) in [6.45, 7) is 4.72. The van der Waals surface area contributed by atoms with Crippen LogP contribution >= 0.6 is 11.6 Å². The van der Waals surface area contributed by atoms with Crippen LogP contribution in [0.15, 0.2) is 6.07 Å². The van der Waals surface area contributed by atoms with E-state index in [0.29, 0.717) is 17.8 Å². The number of aromatic nitrogens is 2. The summed E-state index contributed by atoms with van der Waals surface area (Å²) in [5.41, 5.74) is 1.82. The maximum Gasteiger partial charge on any atom is 0.222 e. The third kappa shape index (κ3) is 2.93. The predicted octanol–water partition coefficient (Wildman–Crippen LogP) is 2.79. The van der Waals surface area contributed by atoms with Gasteiger partial charge in [-0.2, -0.15) is 0 Å². The van der Waals surface area contributed by atoms with Gasteiger partial charge in [0.05, 0.1) is 12.3 Å². The van der Waals surface area contributed by atoms with Crippen molar-refractivity contribution in [3.05, 3.63) is 22.7 Å². The lowest BCUT2D eigenvalue weighted by Crippen LogP contribution is -2.02. The first-order chi connectivity index (χ1) is 6.67. The second kappa shape index (κ2) is 5.27. The molecule has 1 rings (SSSR count). The lowest BCUT2D eigenvalue weighted by atomic mass is 10.0. The summed E-state index contributed by atoms with van der Waals surface area (Å²) in [5.74, 6) is 0.408. The lowest BCUT2D eigenvalue weighted by molar-refractivity contribution is 0.181. The molecule has 0 aliphatic rings. The average molecular weight is 215 g/mol. The quantitative estimate of drug-likeness (QED) is 0.723. The van der Waals surface area contributed by atoms with Gasteiger partial charge in [0.1, 0.15) is 0 Å². The number of methoxy groups -OCH3 is 1. The third-order valence-corrected chi connectivity index (χ3v) is 2.35. The van der Waals surface area contributed by atoms with Crippen LogP contribution in [0.4, 0.5) is 0 Å². The number of halogens is 1. The normalized spacial score (nSPS) is 12.9. The zero-order valence-electron chi connectivity index (χ0n) is 8.75. The number of ether oxygens (including phenoxy) is 1. The largest absolute Gasteiger partial charge is 0.378 e.